The summed E-state index contributed by atoms with van der Waals surface area (Å²) in [5.74, 6) is -0.568. The van der Waals surface area contributed by atoms with E-state index in [9.17, 15) is 9.59 Å². The highest BCUT2D eigenvalue weighted by molar-refractivity contribution is 9.10. The third-order valence-corrected chi connectivity index (χ3v) is 5.64. The molecular weight excluding hydrogens is 446 g/mol. The molecule has 0 aliphatic carbocycles. The molecule has 0 bridgehead atoms. The van der Waals surface area contributed by atoms with Crippen molar-refractivity contribution in [1.29, 1.82) is 0 Å². The largest absolute Gasteiger partial charge is 0.447 e. The number of carbonyl (C=O) groups excluding carboxylic acids is 2. The van der Waals surface area contributed by atoms with Crippen LogP contribution in [0.25, 0.3) is 0 Å². The number of amides is 2. The summed E-state index contributed by atoms with van der Waals surface area (Å²) in [6.07, 6.45) is -0.607. The van der Waals surface area contributed by atoms with Gasteiger partial charge in [-0.05, 0) is 42.0 Å². The second-order valence-electron chi connectivity index (χ2n) is 6.65. The lowest BCUT2D eigenvalue weighted by atomic mass is 9.92. The van der Waals surface area contributed by atoms with Gasteiger partial charge in [-0.25, -0.2) is 9.69 Å². The number of anilines is 1. The van der Waals surface area contributed by atoms with E-state index in [1.54, 1.807) is 11.1 Å². The predicted octanol–water partition coefficient (Wildman–Crippen LogP) is 4.31. The van der Waals surface area contributed by atoms with Gasteiger partial charge in [0.1, 0.15) is 12.6 Å². The molecule has 0 radical (unpaired) electrons. The van der Waals surface area contributed by atoms with Crippen molar-refractivity contribution in [3.8, 4) is 0 Å². The van der Waals surface area contributed by atoms with Crippen LogP contribution in [0.1, 0.15) is 12.5 Å². The maximum atomic E-state index is 13.2. The minimum atomic E-state index is -0.652. The summed E-state index contributed by atoms with van der Waals surface area (Å²) in [5.41, 5.74) is 2.36. The van der Waals surface area contributed by atoms with Crippen LogP contribution in [0.3, 0.4) is 0 Å². The monoisotopic (exact) mass is 461 g/mol. The van der Waals surface area contributed by atoms with E-state index in [0.717, 1.165) is 26.3 Å². The van der Waals surface area contributed by atoms with Crippen molar-refractivity contribution in [2.24, 2.45) is 11.0 Å². The number of halogens is 2. The number of rotatable bonds is 3. The molecule has 2 aliphatic heterocycles. The third-order valence-electron chi connectivity index (χ3n) is 4.88. The van der Waals surface area contributed by atoms with Crippen LogP contribution in [0.5, 0.6) is 0 Å². The summed E-state index contributed by atoms with van der Waals surface area (Å²) >= 11 is 9.58. The Balaban J connectivity index is 1.76. The van der Waals surface area contributed by atoms with E-state index in [-0.39, 0.29) is 25.0 Å². The average Bonchev–Trinajstić information content (AvgIpc) is 3.25. The topological polar surface area (TPSA) is 62.2 Å². The van der Waals surface area contributed by atoms with E-state index in [1.165, 1.54) is 0 Å². The van der Waals surface area contributed by atoms with Gasteiger partial charge in [0.25, 0.3) is 5.91 Å². The summed E-state index contributed by atoms with van der Waals surface area (Å²) in [6, 6.07) is 14.3. The van der Waals surface area contributed by atoms with E-state index in [2.05, 4.69) is 15.9 Å². The second kappa shape index (κ2) is 7.56. The Labute approximate surface area is 175 Å². The van der Waals surface area contributed by atoms with Crippen LogP contribution >= 0.6 is 27.5 Å². The quantitative estimate of drug-likeness (QED) is 0.682. The highest BCUT2D eigenvalue weighted by atomic mass is 79.9. The summed E-state index contributed by atoms with van der Waals surface area (Å²) in [6.45, 7) is 2.40. The zero-order chi connectivity index (χ0) is 19.8. The van der Waals surface area contributed by atoms with E-state index in [4.69, 9.17) is 21.4 Å². The Bertz CT molecular complexity index is 963. The first kappa shape index (κ1) is 19.0. The van der Waals surface area contributed by atoms with Gasteiger partial charge in [-0.15, -0.1) is 0 Å². The number of cyclic esters (lactones) is 1. The molecule has 2 amide bonds. The molecule has 0 aromatic heterocycles. The van der Waals surface area contributed by atoms with Crippen molar-refractivity contribution in [3.05, 3.63) is 63.6 Å². The average molecular weight is 463 g/mol. The molecule has 1 fully saturated rings. The van der Waals surface area contributed by atoms with Gasteiger partial charge in [-0.3, -0.25) is 9.80 Å². The first-order valence-corrected chi connectivity index (χ1v) is 10.00. The fraction of sp³-hybridized carbons (Fsp3) is 0.250. The lowest BCUT2D eigenvalue weighted by Gasteiger charge is -2.27. The van der Waals surface area contributed by atoms with E-state index < -0.39 is 12.1 Å². The Morgan fingerprint density at radius 3 is 2.64 bits per heavy atom. The zero-order valence-electron chi connectivity index (χ0n) is 15.0. The summed E-state index contributed by atoms with van der Waals surface area (Å²) in [4.78, 5) is 26.4. The van der Waals surface area contributed by atoms with Crippen LogP contribution in [0.15, 0.2) is 58.1 Å². The number of hydrogen-bond acceptors (Lipinski definition) is 5. The van der Waals surface area contributed by atoms with E-state index >= 15 is 0 Å². The molecule has 2 heterocycles. The highest BCUT2D eigenvalue weighted by Crippen LogP contribution is 2.33. The van der Waals surface area contributed by atoms with E-state index in [1.807, 2.05) is 49.4 Å². The van der Waals surface area contributed by atoms with Crippen LogP contribution < -0.4 is 5.01 Å². The van der Waals surface area contributed by atoms with Crippen molar-refractivity contribution in [1.82, 2.24) is 4.90 Å². The predicted molar refractivity (Wildman–Crippen MR) is 111 cm³/mol. The number of imide groups is 1. The first-order valence-electron chi connectivity index (χ1n) is 8.83. The zero-order valence-corrected chi connectivity index (χ0v) is 17.4. The number of hydrogen-bond donors (Lipinski definition) is 0. The Morgan fingerprint density at radius 2 is 2.00 bits per heavy atom. The maximum absolute atomic E-state index is 13.2. The van der Waals surface area contributed by atoms with Gasteiger partial charge >= 0.3 is 6.09 Å². The van der Waals surface area contributed by atoms with Crippen molar-refractivity contribution in [3.63, 3.8) is 0 Å². The SMILES string of the molecule is C[C@@H]1C(c2cccc(Cl)c2)=NN(c2ccc(Br)cc2)[C@H]1C(=O)N1CCOC1=O. The first-order chi connectivity index (χ1) is 13.5. The van der Waals surface area contributed by atoms with Crippen LogP contribution in [-0.2, 0) is 9.53 Å². The van der Waals surface area contributed by atoms with Crippen molar-refractivity contribution in [2.45, 2.75) is 13.0 Å². The summed E-state index contributed by atoms with van der Waals surface area (Å²) in [7, 11) is 0. The second-order valence-corrected chi connectivity index (χ2v) is 8.01. The Morgan fingerprint density at radius 1 is 1.25 bits per heavy atom. The van der Waals surface area contributed by atoms with Crippen LogP contribution in [0.2, 0.25) is 5.02 Å². The molecule has 0 N–H and O–H groups in total. The summed E-state index contributed by atoms with van der Waals surface area (Å²) < 4.78 is 5.88. The lowest BCUT2D eigenvalue weighted by Crippen LogP contribution is -2.48. The fourth-order valence-electron chi connectivity index (χ4n) is 3.48. The Kier molecular flexibility index (Phi) is 5.12. The van der Waals surface area contributed by atoms with Gasteiger partial charge in [0.05, 0.1) is 17.9 Å². The molecule has 2 aliphatic rings. The molecule has 0 unspecified atom stereocenters. The van der Waals surface area contributed by atoms with Gasteiger partial charge in [-0.1, -0.05) is 46.6 Å². The lowest BCUT2D eigenvalue weighted by molar-refractivity contribution is -0.129. The number of ether oxygens (including phenoxy) is 1. The fourth-order valence-corrected chi connectivity index (χ4v) is 3.94. The third kappa shape index (κ3) is 3.40. The molecule has 6 nitrogen and oxygen atoms in total. The number of carbonyl (C=O) groups is 2. The number of hydrazone groups is 1. The van der Waals surface area contributed by atoms with Crippen LogP contribution in [0.4, 0.5) is 10.5 Å². The molecule has 0 saturated carbocycles. The van der Waals surface area contributed by atoms with Crippen LogP contribution in [-0.4, -0.2) is 41.8 Å². The molecular formula is C20H17BrClN3O3. The molecule has 144 valence electrons. The standard InChI is InChI=1S/C20H17BrClN3O3/c1-12-17(13-3-2-4-15(22)11-13)23-25(16-7-5-14(21)6-8-16)18(12)19(26)24-9-10-28-20(24)27/h2-8,11-12,18H,9-10H2,1H3/t12-,18-/m1/s1. The maximum Gasteiger partial charge on any atom is 0.416 e. The summed E-state index contributed by atoms with van der Waals surface area (Å²) in [5, 5.41) is 7.04. The molecule has 0 spiro atoms. The minimum Gasteiger partial charge on any atom is -0.447 e. The van der Waals surface area contributed by atoms with Crippen molar-refractivity contribution >= 4 is 50.9 Å². The van der Waals surface area contributed by atoms with Crippen LogP contribution in [0, 0.1) is 5.92 Å². The van der Waals surface area contributed by atoms with Gasteiger partial charge in [0.15, 0.2) is 0 Å². The van der Waals surface area contributed by atoms with Gasteiger partial charge < -0.3 is 4.74 Å². The smallest absolute Gasteiger partial charge is 0.416 e. The molecule has 8 heteroatoms. The normalized spacial score (nSPS) is 21.7. The number of benzene rings is 2. The Hall–Kier alpha value is -2.38. The molecule has 4 rings (SSSR count). The van der Waals surface area contributed by atoms with Gasteiger partial charge in [-0.2, -0.15) is 5.10 Å². The van der Waals surface area contributed by atoms with E-state index in [0.29, 0.717) is 5.02 Å². The van der Waals surface area contributed by atoms with Gasteiger partial charge in [0.2, 0.25) is 0 Å². The number of nitrogens with zero attached hydrogens (tertiary/aromatic N) is 3. The molecule has 2 aromatic carbocycles. The molecule has 2 aromatic rings. The van der Waals surface area contributed by atoms with Crippen molar-refractivity contribution < 1.29 is 14.3 Å². The molecule has 1 saturated heterocycles. The highest BCUT2D eigenvalue weighted by Gasteiger charge is 2.45. The van der Waals surface area contributed by atoms with Gasteiger partial charge in [0, 0.05) is 15.4 Å². The van der Waals surface area contributed by atoms with Crippen molar-refractivity contribution in [2.75, 3.05) is 18.2 Å². The molecule has 28 heavy (non-hydrogen) atoms. The minimum absolute atomic E-state index is 0.214. The molecule has 2 atom stereocenters.